The normalized spacial score (nSPS) is 11.5. The van der Waals surface area contributed by atoms with Crippen LogP contribution in [0, 0.1) is 47.8 Å². The smallest absolute Gasteiger partial charge is 0.102 e. The summed E-state index contributed by atoms with van der Waals surface area (Å²) < 4.78 is 4.41. The lowest BCUT2D eigenvalue weighted by atomic mass is 9.90. The Morgan fingerprint density at radius 2 is 1.35 bits per heavy atom. The Balaban J connectivity index is 1.49. The highest BCUT2D eigenvalue weighted by atomic mass is 15.0. The highest BCUT2D eigenvalue weighted by Gasteiger charge is 2.22. The van der Waals surface area contributed by atoms with Gasteiger partial charge in [0.05, 0.1) is 51.2 Å². The molecule has 2 heterocycles. The average molecular weight is 670 g/mol. The van der Waals surface area contributed by atoms with Crippen LogP contribution >= 0.6 is 0 Å². The lowest BCUT2D eigenvalue weighted by Crippen LogP contribution is -2.03. The van der Waals surface area contributed by atoms with Crippen molar-refractivity contribution < 1.29 is 0 Å². The lowest BCUT2D eigenvalue weighted by molar-refractivity contribution is 1.05. The maximum absolute atomic E-state index is 10.9. The Hall–Kier alpha value is -7.13. The van der Waals surface area contributed by atoms with Crippen LogP contribution < -0.4 is 0 Å². The van der Waals surface area contributed by atoms with Crippen LogP contribution in [0.4, 0.5) is 0 Å². The van der Waals surface area contributed by atoms with Gasteiger partial charge in [-0.1, -0.05) is 98.5 Å². The first-order chi connectivity index (χ1) is 25.4. The Labute approximate surface area is 304 Å². The van der Waals surface area contributed by atoms with E-state index in [9.17, 15) is 15.8 Å². The third-order valence-corrected chi connectivity index (χ3v) is 9.76. The van der Waals surface area contributed by atoms with E-state index in [1.54, 1.807) is 6.08 Å². The molecule has 2 aromatic heterocycles. The molecule has 0 bridgehead atoms. The molecular formula is C47H35N5. The van der Waals surface area contributed by atoms with E-state index in [1.807, 2.05) is 79.7 Å². The summed E-state index contributed by atoms with van der Waals surface area (Å²) >= 11 is 0. The fourth-order valence-electron chi connectivity index (χ4n) is 7.32. The maximum atomic E-state index is 10.9. The molecule has 0 N–H and O–H groups in total. The van der Waals surface area contributed by atoms with E-state index < -0.39 is 0 Å². The molecule has 7 aromatic rings. The van der Waals surface area contributed by atoms with Gasteiger partial charge in [0.2, 0.25) is 0 Å². The van der Waals surface area contributed by atoms with Gasteiger partial charge in [0.15, 0.2) is 0 Å². The number of para-hydroxylation sites is 2. The van der Waals surface area contributed by atoms with Gasteiger partial charge in [-0.2, -0.15) is 15.8 Å². The average Bonchev–Trinajstić information content (AvgIpc) is 3.63. The van der Waals surface area contributed by atoms with E-state index in [2.05, 4.69) is 102 Å². The summed E-state index contributed by atoms with van der Waals surface area (Å²) in [5.74, 6) is 0. The number of hydrogen-bond acceptors (Lipinski definition) is 3. The highest BCUT2D eigenvalue weighted by Crippen LogP contribution is 2.42. The lowest BCUT2D eigenvalue weighted by Gasteiger charge is -2.19. The topological polar surface area (TPSA) is 81.2 Å². The molecule has 0 atom stereocenters. The Kier molecular flexibility index (Phi) is 8.99. The molecule has 0 amide bonds. The number of aromatic nitrogens is 2. The minimum atomic E-state index is 0.436. The van der Waals surface area contributed by atoms with Crippen LogP contribution in [0.5, 0.6) is 0 Å². The minimum absolute atomic E-state index is 0.436. The Bertz CT molecular complexity index is 2740. The van der Waals surface area contributed by atoms with Crippen molar-refractivity contribution in [2.75, 3.05) is 0 Å². The summed E-state index contributed by atoms with van der Waals surface area (Å²) in [6.07, 6.45) is 8.60. The van der Waals surface area contributed by atoms with E-state index in [1.165, 1.54) is 5.56 Å². The van der Waals surface area contributed by atoms with Crippen LogP contribution in [-0.2, 0) is 0 Å². The first-order valence-corrected chi connectivity index (χ1v) is 17.2. The van der Waals surface area contributed by atoms with E-state index in [4.69, 9.17) is 0 Å². The molecule has 248 valence electrons. The molecule has 0 saturated carbocycles. The molecule has 0 aliphatic heterocycles. The summed E-state index contributed by atoms with van der Waals surface area (Å²) in [5.41, 5.74) is 13.0. The van der Waals surface area contributed by atoms with Crippen molar-refractivity contribution in [1.82, 2.24) is 9.13 Å². The maximum Gasteiger partial charge on any atom is 0.102 e. The summed E-state index contributed by atoms with van der Waals surface area (Å²) in [7, 11) is 0. The standard InChI is InChI=1S/C47H35N5/c1-5-7-20-43-31(3)35-15-10-12-21-44(35)52(43)46-23-14-19-38(42(46)30-50)36-16-8-9-17-37(36)39-18-11-13-22-45(39)51-32(4)40(26-33(6-2)28-48)41-27-34(29-49)24-25-47(41)51/h6-27H,2,5H2,1,3-4H3/b20-7-,33-26+. The summed E-state index contributed by atoms with van der Waals surface area (Å²) in [6, 6.07) is 43.7. The number of rotatable bonds is 8. The Morgan fingerprint density at radius 3 is 2.06 bits per heavy atom. The molecule has 0 radical (unpaired) electrons. The highest BCUT2D eigenvalue weighted by molar-refractivity contribution is 5.97. The first kappa shape index (κ1) is 33.4. The molecule has 0 unspecified atom stereocenters. The third-order valence-electron chi connectivity index (χ3n) is 9.76. The number of benzene rings is 5. The number of allylic oxidation sites excluding steroid dienone is 3. The van der Waals surface area contributed by atoms with Crippen LogP contribution in [-0.4, -0.2) is 9.13 Å². The van der Waals surface area contributed by atoms with Gasteiger partial charge in [-0.05, 0) is 85.5 Å². The largest absolute Gasteiger partial charge is 0.313 e. The third kappa shape index (κ3) is 5.50. The monoisotopic (exact) mass is 669 g/mol. The predicted molar refractivity (Wildman–Crippen MR) is 213 cm³/mol. The Morgan fingerprint density at radius 1 is 0.692 bits per heavy atom. The van der Waals surface area contributed by atoms with E-state index in [-0.39, 0.29) is 0 Å². The van der Waals surface area contributed by atoms with Crippen LogP contribution in [0.2, 0.25) is 0 Å². The molecule has 5 heteroatoms. The van der Waals surface area contributed by atoms with Crippen molar-refractivity contribution in [3.05, 3.63) is 167 Å². The summed E-state index contributed by atoms with van der Waals surface area (Å²) in [5, 5.41) is 32.5. The quantitative estimate of drug-likeness (QED) is 0.119. The van der Waals surface area contributed by atoms with E-state index in [0.717, 1.165) is 78.8 Å². The van der Waals surface area contributed by atoms with Crippen LogP contribution in [0.25, 0.3) is 67.6 Å². The van der Waals surface area contributed by atoms with Gasteiger partial charge in [0, 0.05) is 38.9 Å². The summed E-state index contributed by atoms with van der Waals surface area (Å²) in [6.45, 7) is 10.1. The molecule has 5 nitrogen and oxygen atoms in total. The molecule has 0 aliphatic carbocycles. The van der Waals surface area contributed by atoms with Crippen molar-refractivity contribution in [2.24, 2.45) is 0 Å². The van der Waals surface area contributed by atoms with Crippen LogP contribution in [0.1, 0.15) is 47.0 Å². The van der Waals surface area contributed by atoms with E-state index in [0.29, 0.717) is 16.7 Å². The summed E-state index contributed by atoms with van der Waals surface area (Å²) in [4.78, 5) is 0. The van der Waals surface area contributed by atoms with Crippen molar-refractivity contribution in [2.45, 2.75) is 27.2 Å². The van der Waals surface area contributed by atoms with Crippen molar-refractivity contribution in [3.63, 3.8) is 0 Å². The second-order valence-corrected chi connectivity index (χ2v) is 12.6. The number of hydrogen-bond donors (Lipinski definition) is 0. The molecule has 0 fully saturated rings. The molecule has 0 aliphatic rings. The molecule has 0 spiro atoms. The van der Waals surface area contributed by atoms with Crippen LogP contribution in [0.15, 0.2) is 133 Å². The second-order valence-electron chi connectivity index (χ2n) is 12.6. The van der Waals surface area contributed by atoms with Gasteiger partial charge in [-0.15, -0.1) is 0 Å². The van der Waals surface area contributed by atoms with Gasteiger partial charge in [0.1, 0.15) is 6.07 Å². The number of aryl methyl sites for hydroxylation is 1. The van der Waals surface area contributed by atoms with Gasteiger partial charge >= 0.3 is 0 Å². The number of nitrogens with zero attached hydrogens (tertiary/aromatic N) is 5. The zero-order valence-electron chi connectivity index (χ0n) is 29.4. The van der Waals surface area contributed by atoms with Gasteiger partial charge in [0.25, 0.3) is 0 Å². The van der Waals surface area contributed by atoms with Crippen molar-refractivity contribution in [1.29, 1.82) is 15.8 Å². The molecule has 5 aromatic carbocycles. The molecular weight excluding hydrogens is 635 g/mol. The van der Waals surface area contributed by atoms with Gasteiger partial charge in [-0.25, -0.2) is 0 Å². The van der Waals surface area contributed by atoms with Gasteiger partial charge in [-0.3, -0.25) is 0 Å². The van der Waals surface area contributed by atoms with Crippen molar-refractivity contribution in [3.8, 4) is 51.8 Å². The fourth-order valence-corrected chi connectivity index (χ4v) is 7.32. The van der Waals surface area contributed by atoms with Gasteiger partial charge < -0.3 is 9.13 Å². The predicted octanol–water partition coefficient (Wildman–Crippen LogP) is 11.8. The SMILES string of the molecule is C=C/C(C#N)=C\c1c(C)n(-c2ccccc2-c2ccccc2-c2cccc(-n3c(/C=C\CC)c(C)c4ccccc43)c2C#N)c2ccc(C#N)cc12. The number of nitriles is 3. The van der Waals surface area contributed by atoms with Crippen LogP contribution in [0.3, 0.4) is 0 Å². The zero-order valence-corrected chi connectivity index (χ0v) is 29.4. The van der Waals surface area contributed by atoms with E-state index >= 15 is 0 Å². The molecule has 7 rings (SSSR count). The fraction of sp³-hybridized carbons (Fsp3) is 0.0851. The zero-order chi connectivity index (χ0) is 36.4. The molecule has 52 heavy (non-hydrogen) atoms. The minimum Gasteiger partial charge on any atom is -0.313 e. The van der Waals surface area contributed by atoms with Crippen molar-refractivity contribution >= 4 is 34.0 Å². The number of fused-ring (bicyclic) bond motifs is 2. The second kappa shape index (κ2) is 14.0. The molecule has 0 saturated heterocycles. The first-order valence-electron chi connectivity index (χ1n) is 17.2.